The Balaban J connectivity index is 2.01. The number of methoxy groups -OCH3 is 2. The highest BCUT2D eigenvalue weighted by molar-refractivity contribution is 7.99. The number of nitrogens with zero attached hydrogens (tertiary/aromatic N) is 1. The molecule has 0 N–H and O–H groups in total. The van der Waals surface area contributed by atoms with Gasteiger partial charge in [0.25, 0.3) is 0 Å². The zero-order chi connectivity index (χ0) is 15.2. The van der Waals surface area contributed by atoms with Gasteiger partial charge in [-0.3, -0.25) is 4.79 Å². The summed E-state index contributed by atoms with van der Waals surface area (Å²) in [4.78, 5) is 14.4. The zero-order valence-corrected chi connectivity index (χ0v) is 13.9. The molecule has 0 unspecified atom stereocenters. The monoisotopic (exact) mass is 329 g/mol. The zero-order valence-electron chi connectivity index (χ0n) is 12.3. The number of anilines is 1. The largest absolute Gasteiger partial charge is 0.469 e. The molecule has 1 aromatic carbocycles. The molecular formula is C15H20ClNO3S. The van der Waals surface area contributed by atoms with Gasteiger partial charge in [-0.05, 0) is 18.6 Å². The normalized spacial score (nSPS) is 18.0. The molecule has 21 heavy (non-hydrogen) atoms. The first-order valence-electron chi connectivity index (χ1n) is 6.91. The molecule has 0 aromatic heterocycles. The number of hydrogen-bond acceptors (Lipinski definition) is 5. The summed E-state index contributed by atoms with van der Waals surface area (Å²) in [6.07, 6.45) is 1.68. The Kier molecular flexibility index (Phi) is 6.21. The maximum atomic E-state index is 11.1. The van der Waals surface area contributed by atoms with Crippen LogP contribution in [0.1, 0.15) is 12.8 Å². The van der Waals surface area contributed by atoms with Gasteiger partial charge in [0, 0.05) is 30.8 Å². The van der Waals surface area contributed by atoms with Crippen molar-refractivity contribution >= 4 is 35.0 Å². The summed E-state index contributed by atoms with van der Waals surface area (Å²) in [7, 11) is 3.15. The summed E-state index contributed by atoms with van der Waals surface area (Å²) < 4.78 is 10.0. The Morgan fingerprint density at radius 2 is 2.29 bits per heavy atom. The van der Waals surface area contributed by atoms with E-state index < -0.39 is 0 Å². The minimum absolute atomic E-state index is 0.197. The molecule has 0 amide bonds. The van der Waals surface area contributed by atoms with E-state index in [-0.39, 0.29) is 12.1 Å². The van der Waals surface area contributed by atoms with Crippen molar-refractivity contribution in [2.45, 2.75) is 23.8 Å². The summed E-state index contributed by atoms with van der Waals surface area (Å²) >= 11 is 8.09. The summed E-state index contributed by atoms with van der Waals surface area (Å²) in [6, 6.07) is 6.02. The lowest BCUT2D eigenvalue weighted by atomic mass is 10.3. The standard InChI is InChI=1S/C15H20ClNO3S/c1-19-11-6-8-17(10-11)12-4-3-5-13(15(12)16)21-9-7-14(18)20-2/h3-5,11H,6-10H2,1-2H3/t11-/m0/s1. The molecule has 1 atom stereocenters. The van der Waals surface area contributed by atoms with Gasteiger partial charge in [0.1, 0.15) is 0 Å². The third kappa shape index (κ3) is 4.28. The number of carbonyl (C=O) groups excluding carboxylic acids is 1. The van der Waals surface area contributed by atoms with Crippen LogP contribution in [0, 0.1) is 0 Å². The van der Waals surface area contributed by atoms with Crippen LogP contribution >= 0.6 is 23.4 Å². The van der Waals surface area contributed by atoms with E-state index >= 15 is 0 Å². The van der Waals surface area contributed by atoms with Crippen LogP contribution in [0.15, 0.2) is 23.1 Å². The lowest BCUT2D eigenvalue weighted by molar-refractivity contribution is -0.140. The molecule has 1 aliphatic heterocycles. The molecule has 116 valence electrons. The predicted octanol–water partition coefficient (Wildman–Crippen LogP) is 3.22. The van der Waals surface area contributed by atoms with Gasteiger partial charge in [-0.1, -0.05) is 17.7 Å². The summed E-state index contributed by atoms with van der Waals surface area (Å²) in [5.74, 6) is 0.466. The van der Waals surface area contributed by atoms with Crippen LogP contribution in [0.25, 0.3) is 0 Å². The summed E-state index contributed by atoms with van der Waals surface area (Å²) in [5, 5.41) is 0.754. The van der Waals surface area contributed by atoms with E-state index in [9.17, 15) is 4.79 Å². The third-order valence-electron chi connectivity index (χ3n) is 3.55. The number of ether oxygens (including phenoxy) is 2. The van der Waals surface area contributed by atoms with Gasteiger partial charge in [-0.25, -0.2) is 0 Å². The van der Waals surface area contributed by atoms with E-state index in [1.54, 1.807) is 18.9 Å². The van der Waals surface area contributed by atoms with Gasteiger partial charge < -0.3 is 14.4 Å². The molecule has 2 rings (SSSR count). The number of carbonyl (C=O) groups is 1. The van der Waals surface area contributed by atoms with Crippen molar-refractivity contribution in [1.29, 1.82) is 0 Å². The lowest BCUT2D eigenvalue weighted by Gasteiger charge is -2.21. The summed E-state index contributed by atoms with van der Waals surface area (Å²) in [5.41, 5.74) is 1.04. The lowest BCUT2D eigenvalue weighted by Crippen LogP contribution is -2.22. The van der Waals surface area contributed by atoms with Gasteiger partial charge in [-0.2, -0.15) is 0 Å². The fourth-order valence-electron chi connectivity index (χ4n) is 2.34. The van der Waals surface area contributed by atoms with Crippen molar-refractivity contribution in [1.82, 2.24) is 0 Å². The van der Waals surface area contributed by atoms with Crippen LogP contribution in [0.2, 0.25) is 5.02 Å². The SMILES string of the molecule is COC(=O)CCSc1cccc(N2CC[C@H](OC)C2)c1Cl. The molecule has 1 saturated heterocycles. The number of halogens is 1. The first kappa shape index (κ1) is 16.5. The highest BCUT2D eigenvalue weighted by Gasteiger charge is 2.24. The summed E-state index contributed by atoms with van der Waals surface area (Å²) in [6.45, 7) is 1.82. The number of benzene rings is 1. The van der Waals surface area contributed by atoms with Crippen LogP contribution < -0.4 is 4.90 Å². The number of rotatable bonds is 6. The molecule has 1 aliphatic rings. The predicted molar refractivity (Wildman–Crippen MR) is 86.4 cm³/mol. The molecule has 1 fully saturated rings. The van der Waals surface area contributed by atoms with E-state index in [0.29, 0.717) is 12.2 Å². The van der Waals surface area contributed by atoms with Gasteiger partial charge in [0.15, 0.2) is 0 Å². The molecule has 1 aromatic rings. The smallest absolute Gasteiger partial charge is 0.306 e. The molecule has 1 heterocycles. The van der Waals surface area contributed by atoms with E-state index in [1.807, 2.05) is 18.2 Å². The van der Waals surface area contributed by atoms with Crippen LogP contribution in [-0.2, 0) is 14.3 Å². The molecule has 6 heteroatoms. The Hall–Kier alpha value is -0.910. The Labute approximate surface area is 134 Å². The average molecular weight is 330 g/mol. The molecular weight excluding hydrogens is 310 g/mol. The second-order valence-corrected chi connectivity index (χ2v) is 6.37. The molecule has 0 saturated carbocycles. The molecule has 0 aliphatic carbocycles. The van der Waals surface area contributed by atoms with Gasteiger partial charge in [0.2, 0.25) is 0 Å². The Morgan fingerprint density at radius 1 is 1.48 bits per heavy atom. The number of thioether (sulfide) groups is 1. The van der Waals surface area contributed by atoms with Crippen LogP contribution in [0.3, 0.4) is 0 Å². The third-order valence-corrected chi connectivity index (χ3v) is 5.12. The van der Waals surface area contributed by atoms with Gasteiger partial charge >= 0.3 is 5.97 Å². The van der Waals surface area contributed by atoms with Crippen molar-refractivity contribution in [3.05, 3.63) is 23.2 Å². The molecule has 4 nitrogen and oxygen atoms in total. The second-order valence-electron chi connectivity index (χ2n) is 4.86. The highest BCUT2D eigenvalue weighted by Crippen LogP contribution is 2.37. The highest BCUT2D eigenvalue weighted by atomic mass is 35.5. The van der Waals surface area contributed by atoms with E-state index in [1.165, 1.54) is 7.11 Å². The molecule has 0 spiro atoms. The maximum Gasteiger partial charge on any atom is 0.306 e. The van der Waals surface area contributed by atoms with Crippen LogP contribution in [0.4, 0.5) is 5.69 Å². The quantitative estimate of drug-likeness (QED) is 0.592. The van der Waals surface area contributed by atoms with Gasteiger partial charge in [0.05, 0.1) is 30.3 Å². The van der Waals surface area contributed by atoms with Crippen molar-refractivity contribution in [3.8, 4) is 0 Å². The van der Waals surface area contributed by atoms with Crippen molar-refractivity contribution < 1.29 is 14.3 Å². The Morgan fingerprint density at radius 3 is 2.95 bits per heavy atom. The minimum atomic E-state index is -0.197. The van der Waals surface area contributed by atoms with E-state index in [2.05, 4.69) is 9.64 Å². The van der Waals surface area contributed by atoms with Crippen molar-refractivity contribution in [2.24, 2.45) is 0 Å². The first-order chi connectivity index (χ1) is 10.2. The van der Waals surface area contributed by atoms with E-state index in [4.69, 9.17) is 16.3 Å². The maximum absolute atomic E-state index is 11.1. The fourth-order valence-corrected chi connectivity index (χ4v) is 3.64. The Bertz CT molecular complexity index is 498. The molecule has 0 bridgehead atoms. The minimum Gasteiger partial charge on any atom is -0.469 e. The fraction of sp³-hybridized carbons (Fsp3) is 0.533. The van der Waals surface area contributed by atoms with Crippen LogP contribution in [0.5, 0.6) is 0 Å². The number of esters is 1. The second kappa shape index (κ2) is 7.92. The van der Waals surface area contributed by atoms with Gasteiger partial charge in [-0.15, -0.1) is 11.8 Å². The van der Waals surface area contributed by atoms with E-state index in [0.717, 1.165) is 35.1 Å². The van der Waals surface area contributed by atoms with Crippen molar-refractivity contribution in [2.75, 3.05) is 38.0 Å². The average Bonchev–Trinajstić information content (AvgIpc) is 2.97. The van der Waals surface area contributed by atoms with Crippen LogP contribution in [-0.4, -0.2) is 45.1 Å². The topological polar surface area (TPSA) is 38.8 Å². The van der Waals surface area contributed by atoms with Crippen molar-refractivity contribution in [3.63, 3.8) is 0 Å². The molecule has 0 radical (unpaired) electrons. The number of hydrogen-bond donors (Lipinski definition) is 0. The first-order valence-corrected chi connectivity index (χ1v) is 8.28.